The molecule has 6 nitrogen and oxygen atoms in total. The molecule has 0 aliphatic heterocycles. The van der Waals surface area contributed by atoms with Crippen LogP contribution < -0.4 is 0 Å². The van der Waals surface area contributed by atoms with Gasteiger partial charge >= 0.3 is 5.82 Å². The van der Waals surface area contributed by atoms with Gasteiger partial charge in [0.2, 0.25) is 0 Å². The van der Waals surface area contributed by atoms with Crippen LogP contribution in [0.25, 0.3) is 0 Å². The average Bonchev–Trinajstić information content (AvgIpc) is 2.32. The Bertz CT molecular complexity index is 322. The number of nitrogens with zero attached hydrogens (tertiary/aromatic N) is 3. The van der Waals surface area contributed by atoms with Crippen LogP contribution >= 0.6 is 15.9 Å². The van der Waals surface area contributed by atoms with Gasteiger partial charge in [0, 0.05) is 0 Å². The highest BCUT2D eigenvalue weighted by atomic mass is 79.9. The third-order valence-corrected chi connectivity index (χ3v) is 1.69. The molecule has 1 aromatic heterocycles. The van der Waals surface area contributed by atoms with Crippen molar-refractivity contribution in [2.45, 2.75) is 6.54 Å². The van der Waals surface area contributed by atoms with E-state index in [9.17, 15) is 14.9 Å². The Balaban J connectivity index is 2.99. The molecule has 0 amide bonds. The summed E-state index contributed by atoms with van der Waals surface area (Å²) in [4.78, 5) is 19.6. The quantitative estimate of drug-likeness (QED) is 0.439. The van der Waals surface area contributed by atoms with Gasteiger partial charge in [0.25, 0.3) is 0 Å². The fourth-order valence-corrected chi connectivity index (χ4v) is 1.14. The summed E-state index contributed by atoms with van der Waals surface area (Å²) in [5.41, 5.74) is 0. The minimum absolute atomic E-state index is 0.0203. The topological polar surface area (TPSA) is 78.0 Å². The molecule has 0 saturated heterocycles. The molecule has 0 atom stereocenters. The number of aldehydes is 1. The lowest BCUT2D eigenvalue weighted by Gasteiger charge is -1.84. The first kappa shape index (κ1) is 8.85. The molecular formula is C5H4BrN3O3. The zero-order valence-electron chi connectivity index (χ0n) is 5.81. The van der Waals surface area contributed by atoms with E-state index in [1.165, 1.54) is 10.9 Å². The van der Waals surface area contributed by atoms with Crippen molar-refractivity contribution in [2.75, 3.05) is 0 Å². The Hall–Kier alpha value is -1.24. The molecular weight excluding hydrogens is 230 g/mol. The summed E-state index contributed by atoms with van der Waals surface area (Å²) in [5.74, 6) is -0.281. The molecule has 1 rings (SSSR count). The Kier molecular flexibility index (Phi) is 2.54. The minimum Gasteiger partial charge on any atom is -0.358 e. The Morgan fingerprint density at radius 2 is 2.50 bits per heavy atom. The van der Waals surface area contributed by atoms with Crippen LogP contribution in [-0.4, -0.2) is 21.0 Å². The molecule has 1 heterocycles. The monoisotopic (exact) mass is 233 g/mol. The lowest BCUT2D eigenvalue weighted by Crippen LogP contribution is -1.99. The molecule has 0 aliphatic carbocycles. The van der Waals surface area contributed by atoms with Gasteiger partial charge in [-0.1, -0.05) is 0 Å². The smallest absolute Gasteiger partial charge is 0.358 e. The van der Waals surface area contributed by atoms with Gasteiger partial charge in [-0.2, -0.15) is 4.68 Å². The van der Waals surface area contributed by atoms with Gasteiger partial charge in [0.05, 0.1) is 11.3 Å². The van der Waals surface area contributed by atoms with Gasteiger partial charge in [-0.25, -0.2) is 0 Å². The lowest BCUT2D eigenvalue weighted by atomic mass is 10.6. The molecule has 12 heavy (non-hydrogen) atoms. The SMILES string of the molecule is O=CCn1cc(Br)c([N+](=O)[O-])n1. The number of hydrogen-bond donors (Lipinski definition) is 0. The van der Waals surface area contributed by atoms with E-state index in [2.05, 4.69) is 21.0 Å². The van der Waals surface area contributed by atoms with Crippen LogP contribution in [0.3, 0.4) is 0 Å². The highest BCUT2D eigenvalue weighted by Gasteiger charge is 2.17. The number of aromatic nitrogens is 2. The molecule has 0 spiro atoms. The van der Waals surface area contributed by atoms with Crippen LogP contribution in [-0.2, 0) is 11.3 Å². The van der Waals surface area contributed by atoms with Crippen molar-refractivity contribution in [3.8, 4) is 0 Å². The van der Waals surface area contributed by atoms with Gasteiger partial charge in [-0.05, 0) is 20.9 Å². The van der Waals surface area contributed by atoms with E-state index in [1.54, 1.807) is 0 Å². The van der Waals surface area contributed by atoms with Crippen LogP contribution in [0.2, 0.25) is 0 Å². The molecule has 0 bridgehead atoms. The Morgan fingerprint density at radius 3 is 2.92 bits per heavy atom. The van der Waals surface area contributed by atoms with Crippen molar-refractivity contribution in [3.05, 3.63) is 20.8 Å². The second-order valence-corrected chi connectivity index (χ2v) is 2.80. The van der Waals surface area contributed by atoms with Crippen LogP contribution in [0, 0.1) is 10.1 Å². The summed E-state index contributed by atoms with van der Waals surface area (Å²) >= 11 is 2.95. The summed E-state index contributed by atoms with van der Waals surface area (Å²) in [6.45, 7) is 0.0203. The van der Waals surface area contributed by atoms with E-state index in [4.69, 9.17) is 0 Å². The zero-order chi connectivity index (χ0) is 9.14. The van der Waals surface area contributed by atoms with E-state index >= 15 is 0 Å². The highest BCUT2D eigenvalue weighted by molar-refractivity contribution is 9.10. The predicted molar refractivity (Wildman–Crippen MR) is 42.6 cm³/mol. The Morgan fingerprint density at radius 1 is 1.83 bits per heavy atom. The second-order valence-electron chi connectivity index (χ2n) is 1.95. The van der Waals surface area contributed by atoms with Gasteiger partial charge in [-0.3, -0.25) is 0 Å². The second kappa shape index (κ2) is 3.44. The summed E-state index contributed by atoms with van der Waals surface area (Å²) in [6.07, 6.45) is 2.00. The average molecular weight is 234 g/mol. The fourth-order valence-electron chi connectivity index (χ4n) is 0.680. The van der Waals surface area contributed by atoms with Gasteiger partial charge in [-0.15, -0.1) is 0 Å². The van der Waals surface area contributed by atoms with Crippen molar-refractivity contribution < 1.29 is 9.72 Å². The van der Waals surface area contributed by atoms with Crippen molar-refractivity contribution in [1.82, 2.24) is 9.78 Å². The first-order valence-corrected chi connectivity index (χ1v) is 3.75. The van der Waals surface area contributed by atoms with Crippen molar-refractivity contribution in [3.63, 3.8) is 0 Å². The Labute approximate surface area is 75.5 Å². The van der Waals surface area contributed by atoms with E-state index in [0.29, 0.717) is 6.29 Å². The molecule has 0 aliphatic rings. The zero-order valence-corrected chi connectivity index (χ0v) is 7.39. The fraction of sp³-hybridized carbons (Fsp3) is 0.200. The maximum absolute atomic E-state index is 10.3. The first-order chi connectivity index (χ1) is 5.65. The number of carbonyl (C=O) groups excluding carboxylic acids is 1. The van der Waals surface area contributed by atoms with Crippen LogP contribution in [0.5, 0.6) is 0 Å². The number of carbonyl (C=O) groups is 1. The van der Waals surface area contributed by atoms with Crippen LogP contribution in [0.4, 0.5) is 5.82 Å². The van der Waals surface area contributed by atoms with Crippen LogP contribution in [0.15, 0.2) is 10.7 Å². The summed E-state index contributed by atoms with van der Waals surface area (Å²) in [6, 6.07) is 0. The molecule has 0 aromatic carbocycles. The standard InChI is InChI=1S/C5H4BrN3O3/c6-4-3-8(1-2-10)7-5(4)9(11)12/h2-3H,1H2. The lowest BCUT2D eigenvalue weighted by molar-refractivity contribution is -0.390. The molecule has 0 radical (unpaired) electrons. The molecule has 64 valence electrons. The molecule has 0 unspecified atom stereocenters. The first-order valence-electron chi connectivity index (χ1n) is 2.96. The molecule has 7 heteroatoms. The van der Waals surface area contributed by atoms with E-state index in [-0.39, 0.29) is 16.8 Å². The van der Waals surface area contributed by atoms with E-state index < -0.39 is 4.92 Å². The predicted octanol–water partition coefficient (Wildman–Crippen LogP) is 0.753. The van der Waals surface area contributed by atoms with Gasteiger partial charge in [0.1, 0.15) is 17.3 Å². The third kappa shape index (κ3) is 1.67. The third-order valence-electron chi connectivity index (χ3n) is 1.13. The van der Waals surface area contributed by atoms with Crippen molar-refractivity contribution in [1.29, 1.82) is 0 Å². The molecule has 0 N–H and O–H groups in total. The normalized spacial score (nSPS) is 9.75. The maximum atomic E-state index is 10.3. The van der Waals surface area contributed by atoms with Gasteiger partial charge in [0.15, 0.2) is 0 Å². The summed E-state index contributed by atoms with van der Waals surface area (Å²) in [7, 11) is 0. The van der Waals surface area contributed by atoms with Crippen molar-refractivity contribution in [2.24, 2.45) is 0 Å². The van der Waals surface area contributed by atoms with E-state index in [1.807, 2.05) is 0 Å². The number of rotatable bonds is 3. The van der Waals surface area contributed by atoms with Gasteiger partial charge < -0.3 is 14.9 Å². The van der Waals surface area contributed by atoms with Crippen molar-refractivity contribution >= 4 is 28.0 Å². The molecule has 0 fully saturated rings. The highest BCUT2D eigenvalue weighted by Crippen LogP contribution is 2.21. The molecule has 0 saturated carbocycles. The summed E-state index contributed by atoms with van der Waals surface area (Å²) < 4.78 is 1.46. The number of halogens is 1. The minimum atomic E-state index is -0.620. The van der Waals surface area contributed by atoms with E-state index in [0.717, 1.165) is 0 Å². The largest absolute Gasteiger partial charge is 0.404 e. The molecule has 1 aromatic rings. The van der Waals surface area contributed by atoms with Crippen LogP contribution in [0.1, 0.15) is 0 Å². The summed E-state index contributed by atoms with van der Waals surface area (Å²) in [5, 5.41) is 13.8. The maximum Gasteiger partial charge on any atom is 0.404 e. The number of nitro groups is 1. The number of hydrogen-bond acceptors (Lipinski definition) is 4.